The summed E-state index contributed by atoms with van der Waals surface area (Å²) in [5.74, 6) is 0.762. The van der Waals surface area contributed by atoms with E-state index in [-0.39, 0.29) is 6.04 Å². The minimum absolute atomic E-state index is 0.152. The number of benzene rings is 1. The first-order chi connectivity index (χ1) is 9.48. The Bertz CT molecular complexity index is 588. The molecule has 0 amide bonds. The number of halogens is 1. The second-order valence-electron chi connectivity index (χ2n) is 5.79. The molecule has 1 aromatic carbocycles. The van der Waals surface area contributed by atoms with Gasteiger partial charge in [0.15, 0.2) is 0 Å². The van der Waals surface area contributed by atoms with Gasteiger partial charge in [-0.15, -0.1) is 0 Å². The van der Waals surface area contributed by atoms with Crippen LogP contribution in [-0.4, -0.2) is 31.9 Å². The van der Waals surface area contributed by atoms with Gasteiger partial charge in [0.25, 0.3) is 0 Å². The first kappa shape index (κ1) is 14.5. The topological polar surface area (TPSA) is 63.4 Å². The summed E-state index contributed by atoms with van der Waals surface area (Å²) in [6, 6.07) is 6.99. The van der Waals surface area contributed by atoms with Crippen molar-refractivity contribution in [3.8, 4) is 0 Å². The van der Waals surface area contributed by atoms with Crippen LogP contribution in [0.1, 0.15) is 19.3 Å². The molecule has 3 unspecified atom stereocenters. The summed E-state index contributed by atoms with van der Waals surface area (Å²) in [5, 5.41) is 0. The summed E-state index contributed by atoms with van der Waals surface area (Å²) < 4.78 is 27.8. The van der Waals surface area contributed by atoms with Crippen LogP contribution in [-0.2, 0) is 10.0 Å². The predicted molar refractivity (Wildman–Crippen MR) is 81.7 cm³/mol. The molecule has 4 nitrogen and oxygen atoms in total. The van der Waals surface area contributed by atoms with E-state index in [0.29, 0.717) is 29.8 Å². The van der Waals surface area contributed by atoms with Crippen LogP contribution in [0.3, 0.4) is 0 Å². The molecule has 1 saturated heterocycles. The summed E-state index contributed by atoms with van der Waals surface area (Å²) in [5.41, 5.74) is 6.16. The van der Waals surface area contributed by atoms with Gasteiger partial charge < -0.3 is 5.73 Å². The van der Waals surface area contributed by atoms with Gasteiger partial charge >= 0.3 is 0 Å². The van der Waals surface area contributed by atoms with Crippen molar-refractivity contribution >= 4 is 26.0 Å². The summed E-state index contributed by atoms with van der Waals surface area (Å²) in [6.45, 7) is 1.20. The zero-order chi connectivity index (χ0) is 14.3. The largest absolute Gasteiger partial charge is 0.327 e. The summed E-state index contributed by atoms with van der Waals surface area (Å²) in [7, 11) is -3.38. The molecule has 1 saturated carbocycles. The number of fused-ring (bicyclic) bond motifs is 1. The first-order valence-electron chi connectivity index (χ1n) is 7.00. The highest BCUT2D eigenvalue weighted by atomic mass is 79.9. The van der Waals surface area contributed by atoms with E-state index in [1.807, 2.05) is 0 Å². The third-order valence-corrected chi connectivity index (χ3v) is 6.95. The monoisotopic (exact) mass is 358 g/mol. The van der Waals surface area contributed by atoms with Crippen LogP contribution in [0.2, 0.25) is 0 Å². The Morgan fingerprint density at radius 1 is 1.15 bits per heavy atom. The van der Waals surface area contributed by atoms with Crippen molar-refractivity contribution in [2.45, 2.75) is 30.2 Å². The second kappa shape index (κ2) is 5.40. The highest BCUT2D eigenvalue weighted by Crippen LogP contribution is 2.37. The molecule has 2 fully saturated rings. The Morgan fingerprint density at radius 3 is 2.50 bits per heavy atom. The van der Waals surface area contributed by atoms with Crippen LogP contribution in [0.5, 0.6) is 0 Å². The maximum atomic E-state index is 12.7. The van der Waals surface area contributed by atoms with Crippen molar-refractivity contribution in [1.29, 1.82) is 0 Å². The number of hydrogen-bond acceptors (Lipinski definition) is 3. The van der Waals surface area contributed by atoms with E-state index in [0.717, 1.165) is 23.7 Å². The van der Waals surface area contributed by atoms with Crippen molar-refractivity contribution < 1.29 is 8.42 Å². The lowest BCUT2D eigenvalue weighted by Crippen LogP contribution is -2.38. The average Bonchev–Trinajstić information content (AvgIpc) is 2.85. The molecule has 2 N–H and O–H groups in total. The quantitative estimate of drug-likeness (QED) is 0.881. The highest BCUT2D eigenvalue weighted by molar-refractivity contribution is 9.10. The van der Waals surface area contributed by atoms with Crippen molar-refractivity contribution in [2.24, 2.45) is 17.6 Å². The lowest BCUT2D eigenvalue weighted by molar-refractivity contribution is 0.260. The van der Waals surface area contributed by atoms with Gasteiger partial charge in [-0.3, -0.25) is 0 Å². The van der Waals surface area contributed by atoms with Crippen LogP contribution in [0.4, 0.5) is 0 Å². The van der Waals surface area contributed by atoms with Crippen LogP contribution >= 0.6 is 15.9 Å². The van der Waals surface area contributed by atoms with Gasteiger partial charge in [-0.1, -0.05) is 22.4 Å². The van der Waals surface area contributed by atoms with Gasteiger partial charge in [0, 0.05) is 23.6 Å². The van der Waals surface area contributed by atoms with Crippen LogP contribution < -0.4 is 5.73 Å². The summed E-state index contributed by atoms with van der Waals surface area (Å²) in [4.78, 5) is 0.368. The second-order valence-corrected chi connectivity index (χ2v) is 8.65. The van der Waals surface area contributed by atoms with Crippen LogP contribution in [0.15, 0.2) is 33.6 Å². The first-order valence-corrected chi connectivity index (χ1v) is 9.23. The molecule has 1 aromatic rings. The van der Waals surface area contributed by atoms with E-state index in [4.69, 9.17) is 5.73 Å². The molecule has 3 rings (SSSR count). The van der Waals surface area contributed by atoms with Crippen molar-refractivity contribution in [2.75, 3.05) is 13.1 Å². The van der Waals surface area contributed by atoms with Crippen LogP contribution in [0, 0.1) is 11.8 Å². The highest BCUT2D eigenvalue weighted by Gasteiger charge is 2.43. The van der Waals surface area contributed by atoms with E-state index in [1.165, 1.54) is 0 Å². The molecule has 2 aliphatic rings. The van der Waals surface area contributed by atoms with Gasteiger partial charge in [-0.05, 0) is 48.9 Å². The Kier molecular flexibility index (Phi) is 3.92. The third kappa shape index (κ3) is 2.54. The fourth-order valence-corrected chi connectivity index (χ4v) is 5.23. The number of sulfonamides is 1. The summed E-state index contributed by atoms with van der Waals surface area (Å²) in [6.07, 6.45) is 3.24. The number of nitrogens with zero attached hydrogens (tertiary/aromatic N) is 1. The van der Waals surface area contributed by atoms with Gasteiger partial charge in [0.05, 0.1) is 4.90 Å². The summed E-state index contributed by atoms with van der Waals surface area (Å²) >= 11 is 3.33. The molecule has 1 heterocycles. The lowest BCUT2D eigenvalue weighted by Gasteiger charge is -2.29. The number of rotatable bonds is 2. The fourth-order valence-electron chi connectivity index (χ4n) is 3.43. The van der Waals surface area contributed by atoms with Gasteiger partial charge in [-0.2, -0.15) is 4.31 Å². The van der Waals surface area contributed by atoms with Gasteiger partial charge in [0.2, 0.25) is 10.0 Å². The molecule has 0 aromatic heterocycles. The average molecular weight is 359 g/mol. The molecule has 1 aliphatic carbocycles. The molecule has 0 radical (unpaired) electrons. The van der Waals surface area contributed by atoms with Gasteiger partial charge in [0.1, 0.15) is 0 Å². The zero-order valence-corrected chi connectivity index (χ0v) is 13.6. The molecule has 0 spiro atoms. The fraction of sp³-hybridized carbons (Fsp3) is 0.571. The third-order valence-electron chi connectivity index (χ3n) is 4.57. The number of nitrogens with two attached hydrogens (primary N) is 1. The number of hydrogen-bond donors (Lipinski definition) is 1. The molecule has 1 aliphatic heterocycles. The molecule has 110 valence electrons. The Labute approximate surface area is 128 Å². The van der Waals surface area contributed by atoms with Crippen molar-refractivity contribution in [3.63, 3.8) is 0 Å². The van der Waals surface area contributed by atoms with E-state index >= 15 is 0 Å². The normalized spacial score (nSPS) is 31.2. The smallest absolute Gasteiger partial charge is 0.243 e. The minimum Gasteiger partial charge on any atom is -0.327 e. The SMILES string of the molecule is NC1CCCC2CN(S(=O)(=O)c3ccc(Br)cc3)CC12. The standard InChI is InChI=1S/C14H19BrN2O2S/c15-11-4-6-12(7-5-11)20(18,19)17-8-10-2-1-3-14(16)13(10)9-17/h4-7,10,13-14H,1-3,8-9,16H2. The Morgan fingerprint density at radius 2 is 1.85 bits per heavy atom. The molecular formula is C14H19BrN2O2S. The Hall–Kier alpha value is -0.430. The Balaban J connectivity index is 1.84. The zero-order valence-electron chi connectivity index (χ0n) is 11.2. The van der Waals surface area contributed by atoms with E-state index in [2.05, 4.69) is 15.9 Å². The molecule has 3 atom stereocenters. The molecular weight excluding hydrogens is 340 g/mol. The molecule has 6 heteroatoms. The van der Waals surface area contributed by atoms with Crippen molar-refractivity contribution in [1.82, 2.24) is 4.31 Å². The van der Waals surface area contributed by atoms with Gasteiger partial charge in [-0.25, -0.2) is 8.42 Å². The van der Waals surface area contributed by atoms with E-state index in [9.17, 15) is 8.42 Å². The molecule has 20 heavy (non-hydrogen) atoms. The van der Waals surface area contributed by atoms with Crippen LogP contribution in [0.25, 0.3) is 0 Å². The lowest BCUT2D eigenvalue weighted by atomic mass is 9.78. The maximum absolute atomic E-state index is 12.7. The van der Waals surface area contributed by atoms with E-state index in [1.54, 1.807) is 28.6 Å². The maximum Gasteiger partial charge on any atom is 0.243 e. The molecule has 0 bridgehead atoms. The predicted octanol–water partition coefficient (Wildman–Crippen LogP) is 2.20. The van der Waals surface area contributed by atoms with E-state index < -0.39 is 10.0 Å². The minimum atomic E-state index is -3.38. The van der Waals surface area contributed by atoms with Crippen molar-refractivity contribution in [3.05, 3.63) is 28.7 Å².